The van der Waals surface area contributed by atoms with E-state index in [4.69, 9.17) is 10.2 Å². The molecule has 0 amide bonds. The number of carboxylic acid groups (broad SMARTS) is 1. The first-order valence-electron chi connectivity index (χ1n) is 4.11. The Morgan fingerprint density at radius 1 is 1.38 bits per heavy atom. The number of carbonyl (C=O) groups is 1. The van der Waals surface area contributed by atoms with Crippen LogP contribution in [0.1, 0.15) is 11.7 Å². The molecule has 1 rings (SSSR count). The van der Waals surface area contributed by atoms with E-state index in [1.54, 1.807) is 0 Å². The average Bonchev–Trinajstić information content (AvgIpc) is 2.21. The second-order valence-corrected chi connectivity index (χ2v) is 3.97. The zero-order chi connectivity index (χ0) is 12.5. The quantitative estimate of drug-likeness (QED) is 0.660. The Balaban J connectivity index is 3.17. The summed E-state index contributed by atoms with van der Waals surface area (Å²) in [5, 5.41) is 36.2. The maximum Gasteiger partial charge on any atom is 0.335 e. The van der Waals surface area contributed by atoms with Gasteiger partial charge in [0.2, 0.25) is 0 Å². The van der Waals surface area contributed by atoms with Gasteiger partial charge < -0.3 is 20.4 Å². The van der Waals surface area contributed by atoms with Crippen molar-refractivity contribution in [1.29, 1.82) is 0 Å². The van der Waals surface area contributed by atoms with Gasteiger partial charge >= 0.3 is 5.97 Å². The Morgan fingerprint density at radius 3 is 2.44 bits per heavy atom. The van der Waals surface area contributed by atoms with Gasteiger partial charge in [-0.15, -0.1) is 0 Å². The Morgan fingerprint density at radius 2 is 1.94 bits per heavy atom. The third kappa shape index (κ3) is 2.49. The summed E-state index contributed by atoms with van der Waals surface area (Å²) in [4.78, 5) is 10.4. The Hall–Kier alpha value is -1.18. The number of halogens is 2. The number of aliphatic hydroxyl groups is 2. The van der Waals surface area contributed by atoms with Crippen molar-refractivity contribution in [2.24, 2.45) is 0 Å². The molecule has 16 heavy (non-hydrogen) atoms. The van der Waals surface area contributed by atoms with E-state index in [2.05, 4.69) is 15.9 Å². The molecule has 1 aromatic rings. The van der Waals surface area contributed by atoms with Crippen molar-refractivity contribution in [3.05, 3.63) is 28.0 Å². The lowest BCUT2D eigenvalue weighted by Crippen LogP contribution is -2.27. The van der Waals surface area contributed by atoms with Crippen LogP contribution in [-0.2, 0) is 4.79 Å². The summed E-state index contributed by atoms with van der Waals surface area (Å²) in [6.45, 7) is 0. The summed E-state index contributed by atoms with van der Waals surface area (Å²) in [5.41, 5.74) is -0.401. The van der Waals surface area contributed by atoms with Gasteiger partial charge in [-0.1, -0.05) is 15.9 Å². The van der Waals surface area contributed by atoms with Crippen LogP contribution < -0.4 is 0 Å². The normalized spacial score (nSPS) is 14.5. The number of hydrogen-bond acceptors (Lipinski definition) is 4. The molecule has 0 aliphatic rings. The van der Waals surface area contributed by atoms with E-state index in [9.17, 15) is 19.4 Å². The van der Waals surface area contributed by atoms with Crippen molar-refractivity contribution in [3.8, 4) is 5.75 Å². The molecule has 88 valence electrons. The summed E-state index contributed by atoms with van der Waals surface area (Å²) in [6.07, 6.45) is -4.05. The van der Waals surface area contributed by atoms with Gasteiger partial charge in [0.05, 0.1) is 0 Å². The van der Waals surface area contributed by atoms with Gasteiger partial charge in [-0.3, -0.25) is 0 Å². The standard InChI is InChI=1S/C9H8BrFO5/c10-3-1-4(6(12)5(11)2-3)7(13)8(14)9(15)16/h1-2,7-8,12-14H,(H,15,16). The SMILES string of the molecule is O=C(O)C(O)C(O)c1cc(Br)cc(F)c1O. The van der Waals surface area contributed by atoms with Crippen LogP contribution in [-0.4, -0.2) is 32.5 Å². The van der Waals surface area contributed by atoms with E-state index in [0.29, 0.717) is 0 Å². The first kappa shape index (κ1) is 12.9. The van der Waals surface area contributed by atoms with E-state index in [1.807, 2.05) is 0 Å². The third-order valence-electron chi connectivity index (χ3n) is 1.93. The van der Waals surface area contributed by atoms with Crippen LogP contribution in [0.25, 0.3) is 0 Å². The summed E-state index contributed by atoms with van der Waals surface area (Å²) >= 11 is 2.91. The molecule has 0 heterocycles. The lowest BCUT2D eigenvalue weighted by atomic mass is 10.0. The minimum Gasteiger partial charge on any atom is -0.505 e. The molecule has 4 N–H and O–H groups in total. The predicted octanol–water partition coefficient (Wildman–Crippen LogP) is 0.773. The first-order chi connectivity index (χ1) is 7.34. The molecule has 0 saturated carbocycles. The molecule has 0 bridgehead atoms. The van der Waals surface area contributed by atoms with Crippen LogP contribution in [0.4, 0.5) is 4.39 Å². The highest BCUT2D eigenvalue weighted by atomic mass is 79.9. The van der Waals surface area contributed by atoms with Crippen LogP contribution >= 0.6 is 15.9 Å². The Bertz CT molecular complexity index is 423. The van der Waals surface area contributed by atoms with E-state index >= 15 is 0 Å². The molecule has 2 unspecified atom stereocenters. The molecule has 5 nitrogen and oxygen atoms in total. The number of aliphatic hydroxyl groups excluding tert-OH is 2. The number of hydrogen-bond donors (Lipinski definition) is 4. The van der Waals surface area contributed by atoms with E-state index in [1.165, 1.54) is 0 Å². The summed E-state index contributed by atoms with van der Waals surface area (Å²) in [7, 11) is 0. The van der Waals surface area contributed by atoms with Gasteiger partial charge in [-0.2, -0.15) is 0 Å². The Labute approximate surface area is 97.9 Å². The highest BCUT2D eigenvalue weighted by molar-refractivity contribution is 9.10. The lowest BCUT2D eigenvalue weighted by Gasteiger charge is -2.16. The number of benzene rings is 1. The van der Waals surface area contributed by atoms with Gasteiger partial charge in [0.1, 0.15) is 6.10 Å². The molecule has 7 heteroatoms. The maximum absolute atomic E-state index is 13.0. The van der Waals surface area contributed by atoms with E-state index in [-0.39, 0.29) is 4.47 Å². The summed E-state index contributed by atoms with van der Waals surface area (Å²) < 4.78 is 13.2. The fourth-order valence-electron chi connectivity index (χ4n) is 1.12. The van der Waals surface area contributed by atoms with Crippen molar-refractivity contribution in [1.82, 2.24) is 0 Å². The summed E-state index contributed by atoms with van der Waals surface area (Å²) in [6, 6.07) is 2.06. The van der Waals surface area contributed by atoms with Crippen LogP contribution in [0.5, 0.6) is 5.75 Å². The third-order valence-corrected chi connectivity index (χ3v) is 2.39. The molecule has 0 fully saturated rings. The fourth-order valence-corrected chi connectivity index (χ4v) is 1.56. The lowest BCUT2D eigenvalue weighted by molar-refractivity contribution is -0.153. The highest BCUT2D eigenvalue weighted by Crippen LogP contribution is 2.32. The second-order valence-electron chi connectivity index (χ2n) is 3.05. The first-order valence-corrected chi connectivity index (χ1v) is 4.90. The van der Waals surface area contributed by atoms with Crippen molar-refractivity contribution < 1.29 is 29.6 Å². The molecule has 0 radical (unpaired) electrons. The zero-order valence-corrected chi connectivity index (χ0v) is 9.35. The molecule has 0 aliphatic carbocycles. The van der Waals surface area contributed by atoms with E-state index in [0.717, 1.165) is 12.1 Å². The van der Waals surface area contributed by atoms with Crippen LogP contribution in [0.3, 0.4) is 0 Å². The number of aliphatic carboxylic acids is 1. The minimum atomic E-state index is -2.14. The number of phenols is 1. The molecule has 2 atom stereocenters. The molecular formula is C9H8BrFO5. The fraction of sp³-hybridized carbons (Fsp3) is 0.222. The molecule has 0 aromatic heterocycles. The number of aromatic hydroxyl groups is 1. The smallest absolute Gasteiger partial charge is 0.335 e. The van der Waals surface area contributed by atoms with Crippen molar-refractivity contribution >= 4 is 21.9 Å². The summed E-state index contributed by atoms with van der Waals surface area (Å²) in [5.74, 6) is -3.59. The molecule has 0 saturated heterocycles. The van der Waals surface area contributed by atoms with Crippen LogP contribution in [0.15, 0.2) is 16.6 Å². The number of carboxylic acids is 1. The van der Waals surface area contributed by atoms with Gasteiger partial charge in [0.15, 0.2) is 17.7 Å². The predicted molar refractivity (Wildman–Crippen MR) is 54.4 cm³/mol. The monoisotopic (exact) mass is 294 g/mol. The molecular weight excluding hydrogens is 287 g/mol. The van der Waals surface area contributed by atoms with Gasteiger partial charge in [-0.25, -0.2) is 9.18 Å². The molecule has 0 spiro atoms. The van der Waals surface area contributed by atoms with Crippen molar-refractivity contribution in [3.63, 3.8) is 0 Å². The van der Waals surface area contributed by atoms with Crippen LogP contribution in [0.2, 0.25) is 0 Å². The maximum atomic E-state index is 13.0. The second kappa shape index (κ2) is 4.77. The zero-order valence-electron chi connectivity index (χ0n) is 7.76. The van der Waals surface area contributed by atoms with Crippen molar-refractivity contribution in [2.45, 2.75) is 12.2 Å². The topological polar surface area (TPSA) is 98.0 Å². The minimum absolute atomic E-state index is 0.203. The highest BCUT2D eigenvalue weighted by Gasteiger charge is 2.28. The van der Waals surface area contributed by atoms with E-state index < -0.39 is 35.3 Å². The largest absolute Gasteiger partial charge is 0.505 e. The Kier molecular flexibility index (Phi) is 3.84. The van der Waals surface area contributed by atoms with Gasteiger partial charge in [0.25, 0.3) is 0 Å². The average molecular weight is 295 g/mol. The van der Waals surface area contributed by atoms with Crippen LogP contribution in [0, 0.1) is 5.82 Å². The van der Waals surface area contributed by atoms with Crippen molar-refractivity contribution in [2.75, 3.05) is 0 Å². The number of phenolic OH excluding ortho intramolecular Hbond substituents is 1. The molecule has 0 aliphatic heterocycles. The van der Waals surface area contributed by atoms with Gasteiger partial charge in [0, 0.05) is 10.0 Å². The molecule has 1 aromatic carbocycles. The number of rotatable bonds is 3. The van der Waals surface area contributed by atoms with Gasteiger partial charge in [-0.05, 0) is 12.1 Å².